The van der Waals surface area contributed by atoms with Crippen LogP contribution < -0.4 is 5.73 Å². The van der Waals surface area contributed by atoms with Crippen LogP contribution in [0.25, 0.3) is 10.9 Å². The molecule has 0 aliphatic heterocycles. The van der Waals surface area contributed by atoms with E-state index in [0.29, 0.717) is 0 Å². The molecule has 1 aromatic heterocycles. The van der Waals surface area contributed by atoms with Crippen LogP contribution in [0.2, 0.25) is 0 Å². The summed E-state index contributed by atoms with van der Waals surface area (Å²) in [6.07, 6.45) is 2.21. The first-order valence-electron chi connectivity index (χ1n) is 6.18. The average molecular weight is 226 g/mol. The molecule has 1 aromatic carbocycles. The molecule has 0 amide bonds. The van der Waals surface area contributed by atoms with Gasteiger partial charge in [-0.15, -0.1) is 0 Å². The largest absolute Gasteiger partial charge is 0.324 e. The summed E-state index contributed by atoms with van der Waals surface area (Å²) >= 11 is 0. The molecule has 1 aliphatic rings. The molecule has 2 heteroatoms. The van der Waals surface area contributed by atoms with Gasteiger partial charge in [0.05, 0.1) is 5.52 Å². The average Bonchev–Trinajstić information content (AvgIpc) is 3.08. The Morgan fingerprint density at radius 2 is 1.82 bits per heavy atom. The van der Waals surface area contributed by atoms with Crippen LogP contribution in [-0.2, 0) is 5.41 Å². The zero-order chi connectivity index (χ0) is 12.1. The molecule has 3 rings (SSSR count). The van der Waals surface area contributed by atoms with Gasteiger partial charge in [-0.1, -0.05) is 38.1 Å². The van der Waals surface area contributed by atoms with Crippen molar-refractivity contribution in [1.82, 2.24) is 4.98 Å². The van der Waals surface area contributed by atoms with Crippen molar-refractivity contribution in [1.29, 1.82) is 0 Å². The SMILES string of the molecule is CC(C)(c1ccc2ccccc2n1)C1(N)CC1. The summed E-state index contributed by atoms with van der Waals surface area (Å²) in [4.78, 5) is 4.77. The van der Waals surface area contributed by atoms with E-state index >= 15 is 0 Å². The summed E-state index contributed by atoms with van der Waals surface area (Å²) < 4.78 is 0. The van der Waals surface area contributed by atoms with Crippen molar-refractivity contribution in [2.75, 3.05) is 0 Å². The maximum absolute atomic E-state index is 6.36. The molecule has 0 spiro atoms. The van der Waals surface area contributed by atoms with Crippen molar-refractivity contribution >= 4 is 10.9 Å². The number of aromatic nitrogens is 1. The second-order valence-electron chi connectivity index (χ2n) is 5.67. The van der Waals surface area contributed by atoms with Crippen LogP contribution >= 0.6 is 0 Å². The van der Waals surface area contributed by atoms with Crippen LogP contribution in [0.5, 0.6) is 0 Å². The Bertz CT molecular complexity index is 568. The Morgan fingerprint density at radius 3 is 2.53 bits per heavy atom. The maximum atomic E-state index is 6.36. The monoisotopic (exact) mass is 226 g/mol. The molecular formula is C15H18N2. The fourth-order valence-electron chi connectivity index (χ4n) is 2.43. The molecule has 88 valence electrons. The van der Waals surface area contributed by atoms with E-state index in [1.54, 1.807) is 0 Å². The van der Waals surface area contributed by atoms with Gasteiger partial charge >= 0.3 is 0 Å². The molecule has 0 unspecified atom stereocenters. The van der Waals surface area contributed by atoms with Gasteiger partial charge in [0.15, 0.2) is 0 Å². The first-order chi connectivity index (χ1) is 8.03. The standard InChI is InChI=1S/C15H18N2/c1-14(2,15(16)9-10-15)13-8-7-11-5-3-4-6-12(11)17-13/h3-8H,9-10,16H2,1-2H3. The molecule has 2 aromatic rings. The number of fused-ring (bicyclic) bond motifs is 1. The highest BCUT2D eigenvalue weighted by atomic mass is 14.9. The van der Waals surface area contributed by atoms with Crippen molar-refractivity contribution in [2.45, 2.75) is 37.6 Å². The minimum absolute atomic E-state index is 0.0446. The quantitative estimate of drug-likeness (QED) is 0.855. The van der Waals surface area contributed by atoms with Crippen LogP contribution in [0.1, 0.15) is 32.4 Å². The minimum atomic E-state index is -0.0531. The van der Waals surface area contributed by atoms with Crippen molar-refractivity contribution in [2.24, 2.45) is 5.73 Å². The first-order valence-corrected chi connectivity index (χ1v) is 6.18. The van der Waals surface area contributed by atoms with Crippen molar-refractivity contribution in [3.8, 4) is 0 Å². The number of benzene rings is 1. The topological polar surface area (TPSA) is 38.9 Å². The number of nitrogens with zero attached hydrogens (tertiary/aromatic N) is 1. The lowest BCUT2D eigenvalue weighted by molar-refractivity contribution is 0.382. The molecule has 1 fully saturated rings. The Kier molecular flexibility index (Phi) is 2.08. The van der Waals surface area contributed by atoms with Crippen LogP contribution in [0, 0.1) is 0 Å². The van der Waals surface area contributed by atoms with Gasteiger partial charge in [0.2, 0.25) is 0 Å². The van der Waals surface area contributed by atoms with E-state index in [4.69, 9.17) is 10.7 Å². The third kappa shape index (κ3) is 1.55. The first kappa shape index (κ1) is 10.7. The van der Waals surface area contributed by atoms with Gasteiger partial charge in [0, 0.05) is 22.0 Å². The zero-order valence-corrected chi connectivity index (χ0v) is 10.4. The van der Waals surface area contributed by atoms with Gasteiger partial charge in [-0.05, 0) is 25.0 Å². The lowest BCUT2D eigenvalue weighted by Gasteiger charge is -2.31. The molecule has 0 saturated heterocycles. The fraction of sp³-hybridized carbons (Fsp3) is 0.400. The maximum Gasteiger partial charge on any atom is 0.0705 e. The van der Waals surface area contributed by atoms with Crippen molar-refractivity contribution in [3.05, 3.63) is 42.1 Å². The molecule has 2 nitrogen and oxygen atoms in total. The van der Waals surface area contributed by atoms with E-state index in [0.717, 1.165) is 24.1 Å². The second-order valence-corrected chi connectivity index (χ2v) is 5.67. The molecule has 0 radical (unpaired) electrons. The minimum Gasteiger partial charge on any atom is -0.324 e. The summed E-state index contributed by atoms with van der Waals surface area (Å²) in [5.41, 5.74) is 8.43. The molecule has 1 heterocycles. The number of para-hydroxylation sites is 1. The van der Waals surface area contributed by atoms with Crippen LogP contribution in [0.15, 0.2) is 36.4 Å². The molecule has 1 aliphatic carbocycles. The number of hydrogen-bond acceptors (Lipinski definition) is 2. The summed E-state index contributed by atoms with van der Waals surface area (Å²) in [5, 5.41) is 1.19. The van der Waals surface area contributed by atoms with E-state index in [2.05, 4.69) is 38.1 Å². The van der Waals surface area contributed by atoms with Gasteiger partial charge in [-0.3, -0.25) is 4.98 Å². The molecule has 0 bridgehead atoms. The Morgan fingerprint density at radius 1 is 1.12 bits per heavy atom. The third-order valence-corrected chi connectivity index (χ3v) is 4.27. The fourth-order valence-corrected chi connectivity index (χ4v) is 2.43. The van der Waals surface area contributed by atoms with Gasteiger partial charge in [-0.25, -0.2) is 0 Å². The number of rotatable bonds is 2. The Labute approximate surface area is 102 Å². The van der Waals surface area contributed by atoms with Crippen molar-refractivity contribution < 1.29 is 0 Å². The highest BCUT2D eigenvalue weighted by Gasteiger charge is 2.52. The highest BCUT2D eigenvalue weighted by Crippen LogP contribution is 2.48. The molecular weight excluding hydrogens is 208 g/mol. The Hall–Kier alpha value is -1.41. The van der Waals surface area contributed by atoms with E-state index in [-0.39, 0.29) is 11.0 Å². The Balaban J connectivity index is 2.12. The molecule has 1 saturated carbocycles. The van der Waals surface area contributed by atoms with E-state index < -0.39 is 0 Å². The molecule has 0 atom stereocenters. The van der Waals surface area contributed by atoms with Gasteiger partial charge in [-0.2, -0.15) is 0 Å². The summed E-state index contributed by atoms with van der Waals surface area (Å²) in [6, 6.07) is 12.5. The lowest BCUT2D eigenvalue weighted by Crippen LogP contribution is -2.43. The summed E-state index contributed by atoms with van der Waals surface area (Å²) in [6.45, 7) is 4.41. The number of pyridine rings is 1. The van der Waals surface area contributed by atoms with Crippen LogP contribution in [0.4, 0.5) is 0 Å². The van der Waals surface area contributed by atoms with Gasteiger partial charge < -0.3 is 5.73 Å². The highest BCUT2D eigenvalue weighted by molar-refractivity contribution is 5.78. The van der Waals surface area contributed by atoms with Crippen LogP contribution in [-0.4, -0.2) is 10.5 Å². The van der Waals surface area contributed by atoms with Crippen LogP contribution in [0.3, 0.4) is 0 Å². The van der Waals surface area contributed by atoms with Crippen molar-refractivity contribution in [3.63, 3.8) is 0 Å². The predicted octanol–water partition coefficient (Wildman–Crippen LogP) is 3.00. The van der Waals surface area contributed by atoms with E-state index in [1.165, 1.54) is 5.39 Å². The lowest BCUT2D eigenvalue weighted by atomic mass is 9.79. The predicted molar refractivity (Wildman–Crippen MR) is 70.9 cm³/mol. The summed E-state index contributed by atoms with van der Waals surface area (Å²) in [5.74, 6) is 0. The second kappa shape index (κ2) is 3.30. The van der Waals surface area contributed by atoms with E-state index in [9.17, 15) is 0 Å². The van der Waals surface area contributed by atoms with E-state index in [1.807, 2.05) is 12.1 Å². The molecule has 17 heavy (non-hydrogen) atoms. The zero-order valence-electron chi connectivity index (χ0n) is 10.4. The normalized spacial score (nSPS) is 18.3. The third-order valence-electron chi connectivity index (χ3n) is 4.27. The van der Waals surface area contributed by atoms with Gasteiger partial charge in [0.1, 0.15) is 0 Å². The number of hydrogen-bond donors (Lipinski definition) is 1. The smallest absolute Gasteiger partial charge is 0.0705 e. The molecule has 2 N–H and O–H groups in total. The summed E-state index contributed by atoms with van der Waals surface area (Å²) in [7, 11) is 0. The number of nitrogens with two attached hydrogens (primary N) is 1. The van der Waals surface area contributed by atoms with Gasteiger partial charge in [0.25, 0.3) is 0 Å².